The monoisotopic (exact) mass is 231 g/mol. The maximum atomic E-state index is 11.0. The van der Waals surface area contributed by atoms with Crippen molar-refractivity contribution in [1.29, 1.82) is 0 Å². The Bertz CT molecular complexity index is 458. The molecule has 1 aromatic rings. The Balaban J connectivity index is 2.22. The van der Waals surface area contributed by atoms with Gasteiger partial charge in [-0.05, 0) is 24.1 Å². The zero-order valence-electron chi connectivity index (χ0n) is 7.35. The van der Waals surface area contributed by atoms with Crippen molar-refractivity contribution < 1.29 is 8.42 Å². The van der Waals surface area contributed by atoms with Crippen LogP contribution >= 0.6 is 11.6 Å². The lowest BCUT2D eigenvalue weighted by molar-refractivity contribution is 0.595. The van der Waals surface area contributed by atoms with Gasteiger partial charge in [0.15, 0.2) is 0 Å². The van der Waals surface area contributed by atoms with E-state index in [1.165, 1.54) is 0 Å². The van der Waals surface area contributed by atoms with E-state index in [1.807, 2.05) is 12.1 Å². The first-order valence-corrected chi connectivity index (χ1v) is 6.24. The van der Waals surface area contributed by atoms with Gasteiger partial charge in [-0.15, -0.1) is 0 Å². The average molecular weight is 232 g/mol. The Kier molecular flexibility index (Phi) is 2.29. The van der Waals surface area contributed by atoms with E-state index in [4.69, 9.17) is 16.7 Å². The number of hydrogen-bond acceptors (Lipinski definition) is 2. The molecule has 3 nitrogen and oxygen atoms in total. The fourth-order valence-corrected chi connectivity index (χ4v) is 2.91. The van der Waals surface area contributed by atoms with Gasteiger partial charge in [0.05, 0.1) is 5.25 Å². The number of nitrogens with two attached hydrogens (primary N) is 1. The van der Waals surface area contributed by atoms with Crippen LogP contribution in [0.25, 0.3) is 0 Å². The van der Waals surface area contributed by atoms with Gasteiger partial charge in [-0.1, -0.05) is 23.7 Å². The van der Waals surface area contributed by atoms with Gasteiger partial charge in [-0.25, -0.2) is 13.6 Å². The molecular weight excluding hydrogens is 222 g/mol. The molecule has 1 fully saturated rings. The molecule has 0 heterocycles. The second kappa shape index (κ2) is 3.22. The summed E-state index contributed by atoms with van der Waals surface area (Å²) in [5, 5.41) is 5.26. The standard InChI is InChI=1S/C9H10ClNO2S/c10-7-3-1-2-6(4-7)8-5-9(8)14(11,12)13/h1-4,8-9H,5H2,(H2,11,12,13)/t8?,9-/m0/s1. The van der Waals surface area contributed by atoms with Gasteiger partial charge >= 0.3 is 0 Å². The predicted molar refractivity (Wildman–Crippen MR) is 55.7 cm³/mol. The highest BCUT2D eigenvalue weighted by Gasteiger charge is 2.46. The summed E-state index contributed by atoms with van der Waals surface area (Å²) < 4.78 is 22.0. The largest absolute Gasteiger partial charge is 0.228 e. The summed E-state index contributed by atoms with van der Waals surface area (Å²) in [7, 11) is -3.38. The van der Waals surface area contributed by atoms with Gasteiger partial charge in [0.1, 0.15) is 0 Å². The van der Waals surface area contributed by atoms with Gasteiger partial charge in [0, 0.05) is 10.9 Å². The van der Waals surface area contributed by atoms with Crippen molar-refractivity contribution in [3.63, 3.8) is 0 Å². The molecule has 76 valence electrons. The molecule has 0 saturated heterocycles. The zero-order valence-corrected chi connectivity index (χ0v) is 8.92. The smallest absolute Gasteiger partial charge is 0.212 e. The Hall–Kier alpha value is -0.580. The minimum Gasteiger partial charge on any atom is -0.228 e. The van der Waals surface area contributed by atoms with Crippen molar-refractivity contribution in [1.82, 2.24) is 0 Å². The maximum absolute atomic E-state index is 11.0. The lowest BCUT2D eigenvalue weighted by Crippen LogP contribution is -2.18. The number of halogens is 1. The van der Waals surface area contributed by atoms with Gasteiger partial charge in [0.25, 0.3) is 0 Å². The van der Waals surface area contributed by atoms with E-state index in [2.05, 4.69) is 0 Å². The Morgan fingerprint density at radius 2 is 2.14 bits per heavy atom. The molecule has 5 heteroatoms. The van der Waals surface area contributed by atoms with Gasteiger partial charge in [-0.2, -0.15) is 0 Å². The van der Waals surface area contributed by atoms with Crippen LogP contribution in [-0.2, 0) is 10.0 Å². The summed E-state index contributed by atoms with van der Waals surface area (Å²) in [6, 6.07) is 7.24. The van der Waals surface area contributed by atoms with Crippen LogP contribution in [0.15, 0.2) is 24.3 Å². The maximum Gasteiger partial charge on any atom is 0.212 e. The molecule has 2 atom stereocenters. The highest BCUT2D eigenvalue weighted by molar-refractivity contribution is 7.90. The first-order valence-electron chi connectivity index (χ1n) is 4.25. The molecule has 1 aromatic carbocycles. The van der Waals surface area contributed by atoms with Crippen LogP contribution in [0.1, 0.15) is 17.9 Å². The molecule has 0 aliphatic heterocycles. The van der Waals surface area contributed by atoms with Crippen molar-refractivity contribution in [2.75, 3.05) is 0 Å². The number of benzene rings is 1. The first kappa shape index (κ1) is 9.96. The van der Waals surface area contributed by atoms with Crippen molar-refractivity contribution in [3.8, 4) is 0 Å². The topological polar surface area (TPSA) is 60.2 Å². The zero-order chi connectivity index (χ0) is 10.3. The minimum atomic E-state index is -3.38. The SMILES string of the molecule is NS(=O)(=O)[C@H]1CC1c1cccc(Cl)c1. The second-order valence-electron chi connectivity index (χ2n) is 3.52. The highest BCUT2D eigenvalue weighted by atomic mass is 35.5. The normalized spacial score (nSPS) is 26.1. The molecule has 2 N–H and O–H groups in total. The van der Waals surface area contributed by atoms with E-state index in [9.17, 15) is 8.42 Å². The third-order valence-electron chi connectivity index (χ3n) is 2.43. The van der Waals surface area contributed by atoms with Crippen LogP contribution < -0.4 is 5.14 Å². The Labute approximate surface area is 87.9 Å². The van der Waals surface area contributed by atoms with Crippen LogP contribution in [0.3, 0.4) is 0 Å². The van der Waals surface area contributed by atoms with E-state index in [1.54, 1.807) is 12.1 Å². The van der Waals surface area contributed by atoms with Crippen molar-refractivity contribution in [2.45, 2.75) is 17.6 Å². The summed E-state index contributed by atoms with van der Waals surface area (Å²) in [6.45, 7) is 0. The third-order valence-corrected chi connectivity index (χ3v) is 4.03. The number of sulfonamides is 1. The highest BCUT2D eigenvalue weighted by Crippen LogP contribution is 2.45. The average Bonchev–Trinajstić information content (AvgIpc) is 2.81. The number of primary sulfonamides is 1. The molecule has 0 aromatic heterocycles. The fourth-order valence-electron chi connectivity index (χ4n) is 1.62. The van der Waals surface area contributed by atoms with E-state index in [0.717, 1.165) is 5.56 Å². The summed E-state index contributed by atoms with van der Waals surface area (Å²) in [6.07, 6.45) is 0.610. The van der Waals surface area contributed by atoms with E-state index in [0.29, 0.717) is 11.4 Å². The number of hydrogen-bond donors (Lipinski definition) is 1. The quantitative estimate of drug-likeness (QED) is 0.838. The van der Waals surface area contributed by atoms with Crippen molar-refractivity contribution in [2.24, 2.45) is 5.14 Å². The lowest BCUT2D eigenvalue weighted by Gasteiger charge is -1.99. The molecule has 1 unspecified atom stereocenters. The molecule has 0 bridgehead atoms. The molecule has 0 radical (unpaired) electrons. The first-order chi connectivity index (χ1) is 6.48. The summed E-state index contributed by atoms with van der Waals surface area (Å²) >= 11 is 5.80. The molecule has 0 spiro atoms. The minimum absolute atomic E-state index is 0.0312. The van der Waals surface area contributed by atoms with Gasteiger partial charge in [0.2, 0.25) is 10.0 Å². The lowest BCUT2D eigenvalue weighted by atomic mass is 10.1. The van der Waals surface area contributed by atoms with E-state index >= 15 is 0 Å². The molecule has 0 amide bonds. The molecule has 14 heavy (non-hydrogen) atoms. The summed E-state index contributed by atoms with van der Waals surface area (Å²) in [5.74, 6) is 0.0312. The van der Waals surface area contributed by atoms with Crippen LogP contribution in [-0.4, -0.2) is 13.7 Å². The molecule has 1 aliphatic carbocycles. The molecule has 2 rings (SSSR count). The third kappa shape index (κ3) is 1.92. The van der Waals surface area contributed by atoms with Crippen LogP contribution in [0.5, 0.6) is 0 Å². The van der Waals surface area contributed by atoms with Crippen LogP contribution in [0.2, 0.25) is 5.02 Å². The van der Waals surface area contributed by atoms with E-state index in [-0.39, 0.29) is 5.92 Å². The Morgan fingerprint density at radius 1 is 1.43 bits per heavy atom. The fraction of sp³-hybridized carbons (Fsp3) is 0.333. The van der Waals surface area contributed by atoms with Gasteiger partial charge < -0.3 is 0 Å². The number of rotatable bonds is 2. The Morgan fingerprint density at radius 3 is 2.64 bits per heavy atom. The second-order valence-corrected chi connectivity index (χ2v) is 5.74. The molecule has 1 saturated carbocycles. The van der Waals surface area contributed by atoms with Crippen LogP contribution in [0.4, 0.5) is 0 Å². The molecular formula is C9H10ClNO2S. The molecule has 1 aliphatic rings. The van der Waals surface area contributed by atoms with Gasteiger partial charge in [-0.3, -0.25) is 0 Å². The van der Waals surface area contributed by atoms with E-state index < -0.39 is 15.3 Å². The summed E-state index contributed by atoms with van der Waals surface area (Å²) in [4.78, 5) is 0. The van der Waals surface area contributed by atoms with Crippen molar-refractivity contribution >= 4 is 21.6 Å². The predicted octanol–water partition coefficient (Wildman–Crippen LogP) is 1.48. The summed E-state index contributed by atoms with van der Waals surface area (Å²) in [5.41, 5.74) is 0.955. The van der Waals surface area contributed by atoms with Crippen LogP contribution in [0, 0.1) is 0 Å². The van der Waals surface area contributed by atoms with Crippen molar-refractivity contribution in [3.05, 3.63) is 34.9 Å².